The molecule has 0 radical (unpaired) electrons. The fraction of sp³-hybridized carbons (Fsp3) is 0.239. The Morgan fingerprint density at radius 3 is 1.68 bits per heavy atom. The Morgan fingerprint density at radius 1 is 0.432 bits per heavy atom. The van der Waals surface area contributed by atoms with Crippen LogP contribution in [0, 0.1) is 0 Å². The number of benzene rings is 9. The van der Waals surface area contributed by atoms with Gasteiger partial charge in [-0.15, -0.1) is 0 Å². The normalized spacial score (nSPS) is 16.7. The lowest BCUT2D eigenvalue weighted by Gasteiger charge is -2.45. The van der Waals surface area contributed by atoms with E-state index in [1.165, 1.54) is 156 Å². The number of nitrogens with zero attached hydrogens (tertiary/aromatic N) is 2. The van der Waals surface area contributed by atoms with Crippen LogP contribution in [0.5, 0.6) is 0 Å². The van der Waals surface area contributed by atoms with Crippen LogP contribution in [0.4, 0.5) is 0 Å². The molecule has 0 bridgehead atoms. The summed E-state index contributed by atoms with van der Waals surface area (Å²) in [4.78, 5) is 0. The van der Waals surface area contributed by atoms with Crippen LogP contribution in [-0.2, 0) is 27.1 Å². The molecule has 2 nitrogen and oxygen atoms in total. The van der Waals surface area contributed by atoms with E-state index in [4.69, 9.17) is 0 Å². The van der Waals surface area contributed by atoms with Gasteiger partial charge >= 0.3 is 0 Å². The number of aromatic nitrogens is 2. The van der Waals surface area contributed by atoms with Crippen molar-refractivity contribution in [1.29, 1.82) is 0 Å². The molecular weight excluding hydrogens is 892 g/mol. The Labute approximate surface area is 435 Å². The molecular formula is C71H61BN2. The molecule has 74 heavy (non-hydrogen) atoms. The van der Waals surface area contributed by atoms with Gasteiger partial charge in [-0.05, 0) is 153 Å². The SMILES string of the molecule is CC(C)(C)c1cc2c3c(c1)c1cc(C(C)(C)C)cc4c1n3-c1c(ccc3c1B2c1c2ccc5c(c2cc2c(-c6ccccc6)c(-c6ccccc6)n-3c12)C(C)(C)CCC5(C)C)C41c2ccccc2-c2ccccc21. The maximum Gasteiger partial charge on any atom is 0.253 e. The highest BCUT2D eigenvalue weighted by molar-refractivity contribution is 7.01. The monoisotopic (exact) mass is 952 g/mol. The van der Waals surface area contributed by atoms with E-state index < -0.39 is 5.41 Å². The lowest BCUT2D eigenvalue weighted by atomic mass is 9.33. The largest absolute Gasteiger partial charge is 0.310 e. The molecule has 0 fully saturated rings. The summed E-state index contributed by atoms with van der Waals surface area (Å²) in [5.41, 5.74) is 29.5. The molecule has 9 aromatic carbocycles. The first kappa shape index (κ1) is 43.1. The maximum atomic E-state index is 2.80. The van der Waals surface area contributed by atoms with E-state index in [0.717, 1.165) is 6.42 Å². The average Bonchev–Trinajstić information content (AvgIpc) is 4.04. The molecule has 2 aromatic heterocycles. The summed E-state index contributed by atoms with van der Waals surface area (Å²) in [6.07, 6.45) is 2.33. The summed E-state index contributed by atoms with van der Waals surface area (Å²) in [6, 6.07) is 64.9. The van der Waals surface area contributed by atoms with Crippen molar-refractivity contribution in [2.45, 2.75) is 109 Å². The van der Waals surface area contributed by atoms with Crippen LogP contribution in [-0.4, -0.2) is 15.8 Å². The van der Waals surface area contributed by atoms with Gasteiger partial charge < -0.3 is 9.13 Å². The summed E-state index contributed by atoms with van der Waals surface area (Å²) in [5.74, 6) is 0. The summed E-state index contributed by atoms with van der Waals surface area (Å²) < 4.78 is 5.55. The van der Waals surface area contributed by atoms with Crippen LogP contribution < -0.4 is 16.4 Å². The summed E-state index contributed by atoms with van der Waals surface area (Å²) in [5, 5.41) is 6.91. The second-order valence-electron chi connectivity index (χ2n) is 26.2. The number of hydrogen-bond donors (Lipinski definition) is 0. The third-order valence-corrected chi connectivity index (χ3v) is 19.2. The van der Waals surface area contributed by atoms with Crippen molar-refractivity contribution >= 4 is 66.6 Å². The first-order chi connectivity index (χ1) is 35.5. The van der Waals surface area contributed by atoms with Crippen molar-refractivity contribution in [1.82, 2.24) is 9.13 Å². The molecule has 0 saturated carbocycles. The molecule has 3 heteroatoms. The summed E-state index contributed by atoms with van der Waals surface area (Å²) >= 11 is 0. The van der Waals surface area contributed by atoms with Crippen molar-refractivity contribution < 1.29 is 0 Å². The van der Waals surface area contributed by atoms with Gasteiger partial charge in [0, 0.05) is 38.6 Å². The summed E-state index contributed by atoms with van der Waals surface area (Å²) in [6.45, 7) is 24.4. The lowest BCUT2D eigenvalue weighted by molar-refractivity contribution is 0.334. The van der Waals surface area contributed by atoms with Crippen molar-refractivity contribution in [3.63, 3.8) is 0 Å². The average molecular weight is 953 g/mol. The summed E-state index contributed by atoms with van der Waals surface area (Å²) in [7, 11) is 0. The van der Waals surface area contributed by atoms with Gasteiger partial charge in [-0.1, -0.05) is 209 Å². The highest BCUT2D eigenvalue weighted by Crippen LogP contribution is 2.63. The molecule has 0 N–H and O–H groups in total. The van der Waals surface area contributed by atoms with E-state index >= 15 is 0 Å². The third kappa shape index (κ3) is 5.05. The van der Waals surface area contributed by atoms with Crippen LogP contribution in [0.3, 0.4) is 0 Å². The Morgan fingerprint density at radius 2 is 1.01 bits per heavy atom. The number of rotatable bonds is 2. The fourth-order valence-electron chi connectivity index (χ4n) is 15.7. The van der Waals surface area contributed by atoms with Gasteiger partial charge in [0.25, 0.3) is 6.71 Å². The minimum atomic E-state index is -0.562. The van der Waals surface area contributed by atoms with Gasteiger partial charge in [0.05, 0.1) is 22.1 Å². The predicted octanol–water partition coefficient (Wildman–Crippen LogP) is 16.0. The standard InChI is InChI=1S/C71H61BN2/c1-67(2,3)42-35-48-49-36-43(68(4,5)6)38-56-64(49)74-63(48)55(37-42)71(51-27-19-17-25-44(51)45-26-18-20-28-52(45)71)54-31-32-57-61(66(54)74)72(56)60-46-29-30-53-59(70(9,10)34-33-69(53,7)8)47(46)39-50-58(40-21-13-11-14-22-40)62(73(57)65(50)60)41-23-15-12-16-24-41/h11-32,35-39H,33-34H2,1-10H3. The Hall–Kier alpha value is -7.36. The van der Waals surface area contributed by atoms with Gasteiger partial charge in [-0.2, -0.15) is 0 Å². The molecule has 16 rings (SSSR count). The van der Waals surface area contributed by atoms with E-state index in [1.807, 2.05) is 0 Å². The molecule has 3 aliphatic heterocycles. The third-order valence-electron chi connectivity index (χ3n) is 19.2. The topological polar surface area (TPSA) is 9.86 Å². The number of fused-ring (bicyclic) bond motifs is 15. The van der Waals surface area contributed by atoms with Crippen LogP contribution in [0.1, 0.15) is 127 Å². The zero-order chi connectivity index (χ0) is 50.3. The molecule has 2 aliphatic carbocycles. The predicted molar refractivity (Wildman–Crippen MR) is 314 cm³/mol. The van der Waals surface area contributed by atoms with Crippen molar-refractivity contribution in [3.8, 4) is 44.9 Å². The zero-order valence-electron chi connectivity index (χ0n) is 44.5. The molecule has 5 heterocycles. The molecule has 0 saturated heterocycles. The van der Waals surface area contributed by atoms with Gasteiger partial charge in [0.15, 0.2) is 0 Å². The van der Waals surface area contributed by atoms with Gasteiger partial charge in [0.2, 0.25) is 0 Å². The lowest BCUT2D eigenvalue weighted by Crippen LogP contribution is -2.61. The minimum Gasteiger partial charge on any atom is -0.310 e. The Bertz CT molecular complexity index is 4320. The Balaban J connectivity index is 1.20. The second-order valence-corrected chi connectivity index (χ2v) is 26.2. The zero-order valence-corrected chi connectivity index (χ0v) is 44.5. The highest BCUT2D eigenvalue weighted by atomic mass is 15.1. The van der Waals surface area contributed by atoms with E-state index in [2.05, 4.69) is 242 Å². The van der Waals surface area contributed by atoms with Crippen molar-refractivity contribution in [2.75, 3.05) is 0 Å². The van der Waals surface area contributed by atoms with Crippen LogP contribution in [0.25, 0.3) is 88.4 Å². The second kappa shape index (κ2) is 13.7. The molecule has 358 valence electrons. The Kier molecular flexibility index (Phi) is 7.96. The van der Waals surface area contributed by atoms with Gasteiger partial charge in [-0.25, -0.2) is 0 Å². The number of hydrogen-bond acceptors (Lipinski definition) is 0. The highest BCUT2D eigenvalue weighted by Gasteiger charge is 2.55. The van der Waals surface area contributed by atoms with Crippen LogP contribution in [0.15, 0.2) is 164 Å². The molecule has 11 aromatic rings. The van der Waals surface area contributed by atoms with Crippen molar-refractivity contribution in [3.05, 3.63) is 208 Å². The molecule has 1 spiro atoms. The van der Waals surface area contributed by atoms with E-state index in [0.29, 0.717) is 0 Å². The minimum absolute atomic E-state index is 0.0105. The molecule has 5 aliphatic rings. The quantitative estimate of drug-likeness (QED) is 0.153. The first-order valence-corrected chi connectivity index (χ1v) is 27.3. The molecule has 0 unspecified atom stereocenters. The van der Waals surface area contributed by atoms with E-state index in [-0.39, 0.29) is 28.4 Å². The van der Waals surface area contributed by atoms with Crippen LogP contribution >= 0.6 is 0 Å². The maximum absolute atomic E-state index is 2.80. The molecule has 0 amide bonds. The first-order valence-electron chi connectivity index (χ1n) is 27.3. The van der Waals surface area contributed by atoms with E-state index in [9.17, 15) is 0 Å². The van der Waals surface area contributed by atoms with Gasteiger partial charge in [0.1, 0.15) is 0 Å². The molecule has 0 atom stereocenters. The van der Waals surface area contributed by atoms with Crippen molar-refractivity contribution in [2.24, 2.45) is 0 Å². The smallest absolute Gasteiger partial charge is 0.253 e. The fourth-order valence-corrected chi connectivity index (χ4v) is 15.7. The van der Waals surface area contributed by atoms with E-state index in [1.54, 1.807) is 0 Å². The van der Waals surface area contributed by atoms with Gasteiger partial charge in [-0.3, -0.25) is 0 Å². The van der Waals surface area contributed by atoms with Crippen LogP contribution in [0.2, 0.25) is 0 Å².